The number of aromatic nitrogens is 1. The number of thiazole rings is 1. The first-order valence-electron chi connectivity index (χ1n) is 9.09. The number of amides is 1. The molecule has 1 amide bonds. The zero-order valence-electron chi connectivity index (χ0n) is 14.4. The first-order valence-corrected chi connectivity index (χ1v) is 9.97. The van der Waals surface area contributed by atoms with E-state index in [1.165, 1.54) is 30.7 Å². The third kappa shape index (κ3) is 4.77. The van der Waals surface area contributed by atoms with Crippen LogP contribution in [-0.4, -0.2) is 34.9 Å². The van der Waals surface area contributed by atoms with Crippen molar-refractivity contribution in [2.24, 2.45) is 5.92 Å². The van der Waals surface area contributed by atoms with Crippen molar-refractivity contribution in [2.75, 3.05) is 13.1 Å². The van der Waals surface area contributed by atoms with Gasteiger partial charge in [-0.2, -0.15) is 0 Å². The van der Waals surface area contributed by atoms with Crippen molar-refractivity contribution in [3.8, 4) is 0 Å². The second-order valence-electron chi connectivity index (χ2n) is 7.21. The molecule has 1 saturated carbocycles. The van der Waals surface area contributed by atoms with Crippen molar-refractivity contribution >= 4 is 17.2 Å². The molecule has 1 N–H and O–H groups in total. The number of rotatable bonds is 6. The van der Waals surface area contributed by atoms with E-state index in [4.69, 9.17) is 0 Å². The summed E-state index contributed by atoms with van der Waals surface area (Å²) in [7, 11) is 0. The van der Waals surface area contributed by atoms with Crippen LogP contribution in [0.2, 0.25) is 0 Å². The number of likely N-dealkylation sites (tertiary alicyclic amines) is 1. The Morgan fingerprint density at radius 3 is 2.61 bits per heavy atom. The SMILES string of the molecule is Cc1csc([C@H](N[C@@H](C)CC(=O)N2CCCCCC2)C2CC2)n1. The predicted molar refractivity (Wildman–Crippen MR) is 94.6 cm³/mol. The Kier molecular flexibility index (Phi) is 5.70. The maximum atomic E-state index is 12.5. The smallest absolute Gasteiger partial charge is 0.224 e. The Morgan fingerprint density at radius 2 is 2.04 bits per heavy atom. The fourth-order valence-electron chi connectivity index (χ4n) is 3.43. The molecular weight excluding hydrogens is 306 g/mol. The van der Waals surface area contributed by atoms with E-state index in [9.17, 15) is 4.79 Å². The van der Waals surface area contributed by atoms with Gasteiger partial charge in [0.25, 0.3) is 0 Å². The van der Waals surface area contributed by atoms with Gasteiger partial charge in [-0.25, -0.2) is 4.98 Å². The molecule has 2 aliphatic rings. The molecule has 2 fully saturated rings. The van der Waals surface area contributed by atoms with E-state index in [1.54, 1.807) is 11.3 Å². The van der Waals surface area contributed by atoms with E-state index in [0.717, 1.165) is 31.6 Å². The molecule has 0 aromatic carbocycles. The lowest BCUT2D eigenvalue weighted by Crippen LogP contribution is -2.39. The number of hydrogen-bond acceptors (Lipinski definition) is 4. The molecule has 1 aliphatic carbocycles. The molecule has 128 valence electrons. The lowest BCUT2D eigenvalue weighted by Gasteiger charge is -2.25. The summed E-state index contributed by atoms with van der Waals surface area (Å²) in [5, 5.41) is 7.01. The first-order chi connectivity index (χ1) is 11.1. The van der Waals surface area contributed by atoms with Crippen molar-refractivity contribution < 1.29 is 4.79 Å². The predicted octanol–water partition coefficient (Wildman–Crippen LogP) is 3.67. The summed E-state index contributed by atoms with van der Waals surface area (Å²) in [5.41, 5.74) is 1.10. The minimum atomic E-state index is 0.209. The number of nitrogens with one attached hydrogen (secondary N) is 1. The molecule has 0 bridgehead atoms. The highest BCUT2D eigenvalue weighted by Crippen LogP contribution is 2.42. The van der Waals surface area contributed by atoms with Crippen LogP contribution in [0.4, 0.5) is 0 Å². The summed E-state index contributed by atoms with van der Waals surface area (Å²) in [6.07, 6.45) is 8.03. The summed E-state index contributed by atoms with van der Waals surface area (Å²) in [6, 6.07) is 0.543. The minimum absolute atomic E-state index is 0.209. The summed E-state index contributed by atoms with van der Waals surface area (Å²) in [4.78, 5) is 19.3. The summed E-state index contributed by atoms with van der Waals surface area (Å²) < 4.78 is 0. The van der Waals surface area contributed by atoms with Crippen molar-refractivity contribution in [2.45, 2.75) is 70.9 Å². The first kappa shape index (κ1) is 16.9. The Labute approximate surface area is 143 Å². The van der Waals surface area contributed by atoms with Crippen LogP contribution >= 0.6 is 11.3 Å². The van der Waals surface area contributed by atoms with Gasteiger partial charge in [-0.15, -0.1) is 11.3 Å². The summed E-state index contributed by atoms with van der Waals surface area (Å²) in [5.74, 6) is 1.02. The van der Waals surface area contributed by atoms with Gasteiger partial charge in [0.15, 0.2) is 0 Å². The number of carbonyl (C=O) groups excluding carboxylic acids is 1. The molecule has 0 radical (unpaired) electrons. The largest absolute Gasteiger partial charge is 0.343 e. The van der Waals surface area contributed by atoms with Gasteiger partial charge in [0.2, 0.25) is 5.91 Å². The summed E-state index contributed by atoms with van der Waals surface area (Å²) in [6.45, 7) is 6.09. The zero-order chi connectivity index (χ0) is 16.2. The van der Waals surface area contributed by atoms with Crippen molar-refractivity contribution in [3.05, 3.63) is 16.1 Å². The normalized spacial score (nSPS) is 21.7. The number of hydrogen-bond donors (Lipinski definition) is 1. The van der Waals surface area contributed by atoms with Crippen molar-refractivity contribution in [3.63, 3.8) is 0 Å². The lowest BCUT2D eigenvalue weighted by atomic mass is 10.1. The zero-order valence-corrected chi connectivity index (χ0v) is 15.2. The van der Waals surface area contributed by atoms with E-state index in [2.05, 4.69) is 34.4 Å². The fourth-order valence-corrected chi connectivity index (χ4v) is 4.38. The topological polar surface area (TPSA) is 45.2 Å². The van der Waals surface area contributed by atoms with Crippen LogP contribution in [0.1, 0.15) is 68.6 Å². The van der Waals surface area contributed by atoms with Crippen LogP contribution in [-0.2, 0) is 4.79 Å². The van der Waals surface area contributed by atoms with E-state index in [0.29, 0.717) is 24.3 Å². The third-order valence-electron chi connectivity index (χ3n) is 4.90. The van der Waals surface area contributed by atoms with Crippen LogP contribution in [0.25, 0.3) is 0 Å². The van der Waals surface area contributed by atoms with Crippen LogP contribution in [0.3, 0.4) is 0 Å². The average molecular weight is 336 g/mol. The molecule has 2 heterocycles. The second-order valence-corrected chi connectivity index (χ2v) is 8.10. The molecule has 0 spiro atoms. The lowest BCUT2D eigenvalue weighted by molar-refractivity contribution is -0.131. The van der Waals surface area contributed by atoms with E-state index < -0.39 is 0 Å². The Morgan fingerprint density at radius 1 is 1.35 bits per heavy atom. The monoisotopic (exact) mass is 335 g/mol. The Hall–Kier alpha value is -0.940. The molecule has 1 aromatic heterocycles. The highest BCUT2D eigenvalue weighted by molar-refractivity contribution is 7.09. The quantitative estimate of drug-likeness (QED) is 0.862. The molecule has 4 nitrogen and oxygen atoms in total. The number of carbonyl (C=O) groups is 1. The minimum Gasteiger partial charge on any atom is -0.343 e. The molecule has 5 heteroatoms. The van der Waals surface area contributed by atoms with E-state index >= 15 is 0 Å². The van der Waals surface area contributed by atoms with Gasteiger partial charge in [0, 0.05) is 36.6 Å². The van der Waals surface area contributed by atoms with E-state index in [-0.39, 0.29) is 6.04 Å². The number of nitrogens with zero attached hydrogens (tertiary/aromatic N) is 2. The standard InChI is InChI=1S/C18H29N3OS/c1-13(11-16(22)21-9-5-3-4-6-10-21)19-17(15-7-8-15)18-20-14(2)12-23-18/h12-13,15,17,19H,3-11H2,1-2H3/t13-,17+/m0/s1. The van der Waals surface area contributed by atoms with Gasteiger partial charge < -0.3 is 10.2 Å². The summed E-state index contributed by atoms with van der Waals surface area (Å²) >= 11 is 1.75. The third-order valence-corrected chi connectivity index (χ3v) is 5.95. The van der Waals surface area contributed by atoms with Crippen LogP contribution < -0.4 is 5.32 Å². The van der Waals surface area contributed by atoms with Crippen LogP contribution in [0.5, 0.6) is 0 Å². The molecule has 0 unspecified atom stereocenters. The van der Waals surface area contributed by atoms with Crippen molar-refractivity contribution in [1.82, 2.24) is 15.2 Å². The number of aryl methyl sites for hydroxylation is 1. The maximum absolute atomic E-state index is 12.5. The molecular formula is C18H29N3OS. The fraction of sp³-hybridized carbons (Fsp3) is 0.778. The molecule has 23 heavy (non-hydrogen) atoms. The molecule has 3 rings (SSSR count). The molecule has 1 saturated heterocycles. The highest BCUT2D eigenvalue weighted by Gasteiger charge is 2.35. The van der Waals surface area contributed by atoms with Gasteiger partial charge in [0.05, 0.1) is 6.04 Å². The van der Waals surface area contributed by atoms with Gasteiger partial charge in [-0.3, -0.25) is 4.79 Å². The molecule has 1 aliphatic heterocycles. The van der Waals surface area contributed by atoms with Gasteiger partial charge in [0.1, 0.15) is 5.01 Å². The van der Waals surface area contributed by atoms with Crippen LogP contribution in [0.15, 0.2) is 5.38 Å². The van der Waals surface area contributed by atoms with E-state index in [1.807, 2.05) is 0 Å². The van der Waals surface area contributed by atoms with Gasteiger partial charge in [-0.1, -0.05) is 12.8 Å². The van der Waals surface area contributed by atoms with Gasteiger partial charge in [-0.05, 0) is 45.4 Å². The maximum Gasteiger partial charge on any atom is 0.224 e. The van der Waals surface area contributed by atoms with Crippen molar-refractivity contribution in [1.29, 1.82) is 0 Å². The van der Waals surface area contributed by atoms with Gasteiger partial charge >= 0.3 is 0 Å². The Balaban J connectivity index is 1.54. The highest BCUT2D eigenvalue weighted by atomic mass is 32.1. The molecule has 1 aromatic rings. The van der Waals surface area contributed by atoms with Crippen LogP contribution in [0, 0.1) is 12.8 Å². The average Bonchev–Trinajstić information content (AvgIpc) is 3.31. The second kappa shape index (κ2) is 7.75. The Bertz CT molecular complexity index is 518. The molecule has 2 atom stereocenters.